The van der Waals surface area contributed by atoms with E-state index in [1.807, 2.05) is 0 Å². The zero-order valence-corrected chi connectivity index (χ0v) is 19.0. The van der Waals surface area contributed by atoms with Crippen molar-refractivity contribution in [1.82, 2.24) is 4.98 Å². The Morgan fingerprint density at radius 3 is 2.31 bits per heavy atom. The summed E-state index contributed by atoms with van der Waals surface area (Å²) >= 11 is 6.14. The normalized spacial score (nSPS) is 10.9. The molecule has 1 heterocycles. The number of aromatic nitrogens is 1. The molecule has 1 aromatic heterocycles. The molecule has 2 aromatic carbocycles. The number of benzene rings is 2. The lowest BCUT2D eigenvalue weighted by Gasteiger charge is -2.13. The van der Waals surface area contributed by atoms with E-state index in [-0.39, 0.29) is 45.0 Å². The molecular weight excluding hydrogens is 489 g/mol. The number of rotatable bonds is 6. The van der Waals surface area contributed by atoms with Crippen LogP contribution in [-0.2, 0) is 11.0 Å². The van der Waals surface area contributed by atoms with Crippen molar-refractivity contribution in [3.63, 3.8) is 0 Å². The first kappa shape index (κ1) is 25.5. The van der Waals surface area contributed by atoms with Gasteiger partial charge in [-0.05, 0) is 36.4 Å². The van der Waals surface area contributed by atoms with Gasteiger partial charge in [-0.25, -0.2) is 4.98 Å². The fourth-order valence-corrected chi connectivity index (χ4v) is 3.15. The van der Waals surface area contributed by atoms with Gasteiger partial charge in [0, 0.05) is 24.2 Å². The third kappa shape index (κ3) is 6.48. The van der Waals surface area contributed by atoms with Gasteiger partial charge < -0.3 is 20.7 Å². The lowest BCUT2D eigenvalue weighted by molar-refractivity contribution is -0.137. The molecule has 182 valence electrons. The predicted molar refractivity (Wildman–Crippen MR) is 124 cm³/mol. The number of amides is 3. The van der Waals surface area contributed by atoms with Crippen molar-refractivity contribution in [2.24, 2.45) is 0 Å². The van der Waals surface area contributed by atoms with Crippen molar-refractivity contribution in [2.45, 2.75) is 13.1 Å². The first-order chi connectivity index (χ1) is 16.5. The number of hydrogen-bond donors (Lipinski definition) is 3. The topological polar surface area (TPSA) is 109 Å². The van der Waals surface area contributed by atoms with Gasteiger partial charge in [-0.3, -0.25) is 14.4 Å². The van der Waals surface area contributed by atoms with Crippen molar-refractivity contribution in [3.05, 3.63) is 76.4 Å². The van der Waals surface area contributed by atoms with Crippen LogP contribution in [0.25, 0.3) is 0 Å². The standard InChI is InChI=1S/C23H18ClF3N4O4/c1-12(32)29-20-19(35-2)10-16(11-28-20)31-22(34)17-9-15(6-7-18(17)24)30-21(33)13-4-3-5-14(8-13)23(25,26)27/h3-11H,1-2H3,(H,30,33)(H,31,34)(H,28,29,32). The fraction of sp³-hybridized carbons (Fsp3) is 0.130. The Kier molecular flexibility index (Phi) is 7.60. The van der Waals surface area contributed by atoms with Gasteiger partial charge in [0.1, 0.15) is 0 Å². The summed E-state index contributed by atoms with van der Waals surface area (Å²) in [5, 5.41) is 7.57. The molecule has 3 amide bonds. The molecule has 3 rings (SSSR count). The maximum atomic E-state index is 12.9. The minimum atomic E-state index is -4.60. The molecule has 8 nitrogen and oxygen atoms in total. The Hall–Kier alpha value is -4.12. The maximum Gasteiger partial charge on any atom is 0.416 e. The lowest BCUT2D eigenvalue weighted by Crippen LogP contribution is -2.16. The van der Waals surface area contributed by atoms with E-state index < -0.39 is 23.6 Å². The van der Waals surface area contributed by atoms with Crippen molar-refractivity contribution < 1.29 is 32.3 Å². The van der Waals surface area contributed by atoms with Crippen LogP contribution in [0.2, 0.25) is 5.02 Å². The fourth-order valence-electron chi connectivity index (χ4n) is 2.94. The summed E-state index contributed by atoms with van der Waals surface area (Å²) in [5.74, 6) is -1.45. The second-order valence-electron chi connectivity index (χ2n) is 7.14. The summed E-state index contributed by atoms with van der Waals surface area (Å²) < 4.78 is 43.9. The summed E-state index contributed by atoms with van der Waals surface area (Å²) in [5.41, 5.74) is -0.819. The Morgan fingerprint density at radius 2 is 1.66 bits per heavy atom. The van der Waals surface area contributed by atoms with Crippen LogP contribution >= 0.6 is 11.6 Å². The summed E-state index contributed by atoms with van der Waals surface area (Å²) in [6, 6.07) is 9.41. The van der Waals surface area contributed by atoms with Gasteiger partial charge >= 0.3 is 6.18 Å². The third-order valence-electron chi connectivity index (χ3n) is 4.55. The predicted octanol–water partition coefficient (Wildman–Crippen LogP) is 5.23. The minimum absolute atomic E-state index is 0.0154. The van der Waals surface area contributed by atoms with Gasteiger partial charge in [-0.2, -0.15) is 13.2 Å². The molecule has 3 N–H and O–H groups in total. The van der Waals surface area contributed by atoms with Crippen molar-refractivity contribution >= 4 is 46.5 Å². The zero-order valence-electron chi connectivity index (χ0n) is 18.3. The highest BCUT2D eigenvalue weighted by atomic mass is 35.5. The number of carbonyl (C=O) groups is 3. The molecule has 0 spiro atoms. The summed E-state index contributed by atoms with van der Waals surface area (Å²) in [4.78, 5) is 40.5. The van der Waals surface area contributed by atoms with Crippen molar-refractivity contribution in [3.8, 4) is 5.75 Å². The average molecular weight is 507 g/mol. The summed E-state index contributed by atoms with van der Waals surface area (Å²) in [7, 11) is 1.36. The highest BCUT2D eigenvalue weighted by Gasteiger charge is 2.31. The molecular formula is C23H18ClF3N4O4. The highest BCUT2D eigenvalue weighted by Crippen LogP contribution is 2.30. The lowest BCUT2D eigenvalue weighted by atomic mass is 10.1. The van der Waals surface area contributed by atoms with Crippen LogP contribution < -0.4 is 20.7 Å². The van der Waals surface area contributed by atoms with E-state index in [1.54, 1.807) is 0 Å². The molecule has 0 atom stereocenters. The van der Waals surface area contributed by atoms with Crippen LogP contribution in [0.5, 0.6) is 5.75 Å². The summed E-state index contributed by atoms with van der Waals surface area (Å²) in [6.45, 7) is 1.30. The first-order valence-electron chi connectivity index (χ1n) is 9.89. The maximum absolute atomic E-state index is 12.9. The molecule has 35 heavy (non-hydrogen) atoms. The van der Waals surface area contributed by atoms with Crippen LogP contribution in [-0.4, -0.2) is 29.8 Å². The van der Waals surface area contributed by atoms with E-state index in [4.69, 9.17) is 16.3 Å². The van der Waals surface area contributed by atoms with Gasteiger partial charge in [0.05, 0.1) is 35.1 Å². The number of hydrogen-bond acceptors (Lipinski definition) is 5. The smallest absolute Gasteiger partial charge is 0.416 e. The number of ether oxygens (including phenoxy) is 1. The average Bonchev–Trinajstić information content (AvgIpc) is 2.80. The Morgan fingerprint density at radius 1 is 0.943 bits per heavy atom. The van der Waals surface area contributed by atoms with Crippen LogP contribution in [0.15, 0.2) is 54.7 Å². The van der Waals surface area contributed by atoms with Crippen molar-refractivity contribution in [2.75, 3.05) is 23.1 Å². The van der Waals surface area contributed by atoms with Gasteiger partial charge in [-0.1, -0.05) is 17.7 Å². The molecule has 0 fully saturated rings. The molecule has 0 aliphatic carbocycles. The number of methoxy groups -OCH3 is 1. The number of halogens is 4. The number of carbonyl (C=O) groups excluding carboxylic acids is 3. The van der Waals surface area contributed by atoms with Crippen molar-refractivity contribution in [1.29, 1.82) is 0 Å². The number of nitrogens with one attached hydrogen (secondary N) is 3. The van der Waals surface area contributed by atoms with Gasteiger partial charge in [0.15, 0.2) is 11.6 Å². The van der Waals surface area contributed by atoms with E-state index in [1.165, 1.54) is 50.6 Å². The molecule has 3 aromatic rings. The highest BCUT2D eigenvalue weighted by molar-refractivity contribution is 6.34. The second-order valence-corrected chi connectivity index (χ2v) is 7.54. The molecule has 0 bridgehead atoms. The van der Waals surface area contributed by atoms with Crippen LogP contribution in [0.3, 0.4) is 0 Å². The first-order valence-corrected chi connectivity index (χ1v) is 10.3. The number of pyridine rings is 1. The van der Waals surface area contributed by atoms with Gasteiger partial charge in [-0.15, -0.1) is 0 Å². The van der Waals surface area contributed by atoms with E-state index in [0.717, 1.165) is 18.2 Å². The van der Waals surface area contributed by atoms with E-state index in [0.29, 0.717) is 0 Å². The molecule has 0 aliphatic rings. The Bertz CT molecular complexity index is 1300. The molecule has 0 radical (unpaired) electrons. The Labute approximate surface area is 202 Å². The molecule has 0 saturated heterocycles. The number of nitrogens with zero attached hydrogens (tertiary/aromatic N) is 1. The Balaban J connectivity index is 1.79. The number of anilines is 3. The van der Waals surface area contributed by atoms with E-state index in [2.05, 4.69) is 20.9 Å². The SMILES string of the molecule is COc1cc(NC(=O)c2cc(NC(=O)c3cccc(C(F)(F)F)c3)ccc2Cl)cnc1NC(C)=O. The molecule has 12 heteroatoms. The monoisotopic (exact) mass is 506 g/mol. The van der Waals surface area contributed by atoms with Crippen LogP contribution in [0, 0.1) is 0 Å². The zero-order chi connectivity index (χ0) is 25.8. The van der Waals surface area contributed by atoms with Gasteiger partial charge in [0.2, 0.25) is 5.91 Å². The van der Waals surface area contributed by atoms with Crippen LogP contribution in [0.4, 0.5) is 30.4 Å². The number of alkyl halides is 3. The molecule has 0 unspecified atom stereocenters. The van der Waals surface area contributed by atoms with Crippen LogP contribution in [0.1, 0.15) is 33.2 Å². The van der Waals surface area contributed by atoms with Gasteiger partial charge in [0.25, 0.3) is 11.8 Å². The minimum Gasteiger partial charge on any atom is -0.493 e. The molecule has 0 aliphatic heterocycles. The quantitative estimate of drug-likeness (QED) is 0.424. The second kappa shape index (κ2) is 10.4. The summed E-state index contributed by atoms with van der Waals surface area (Å²) in [6.07, 6.45) is -3.31. The van der Waals surface area contributed by atoms with E-state index >= 15 is 0 Å². The third-order valence-corrected chi connectivity index (χ3v) is 4.88. The molecule has 0 saturated carbocycles. The van der Waals surface area contributed by atoms with E-state index in [9.17, 15) is 27.6 Å². The largest absolute Gasteiger partial charge is 0.493 e.